The van der Waals surface area contributed by atoms with Crippen LogP contribution in [0.25, 0.3) is 0 Å². The van der Waals surface area contributed by atoms with Gasteiger partial charge in [-0.25, -0.2) is 9.59 Å². The quantitative estimate of drug-likeness (QED) is 0.422. The van der Waals surface area contributed by atoms with Crippen LogP contribution in [0.3, 0.4) is 0 Å². The SMILES string of the molecule is CC(C)(C)OC(=O)NCC(=O)CN.CC(C)(C)OC(=O)NCC(=O)CNC(=O)C(F)(F)F. The van der Waals surface area contributed by atoms with Crippen LogP contribution in [0.2, 0.25) is 0 Å². The van der Waals surface area contributed by atoms with Gasteiger partial charge in [-0.1, -0.05) is 0 Å². The van der Waals surface area contributed by atoms with E-state index in [-0.39, 0.29) is 18.9 Å². The fraction of sp³-hybridized carbons (Fsp3) is 0.722. The second-order valence-electron chi connectivity index (χ2n) is 8.17. The first-order valence-electron chi connectivity index (χ1n) is 9.29. The highest BCUT2D eigenvalue weighted by molar-refractivity contribution is 5.90. The molecule has 0 fully saturated rings. The molecule has 0 aliphatic rings. The van der Waals surface area contributed by atoms with Gasteiger partial charge in [-0.05, 0) is 41.5 Å². The summed E-state index contributed by atoms with van der Waals surface area (Å²) in [6.45, 7) is 8.56. The van der Waals surface area contributed by atoms with Gasteiger partial charge in [0.2, 0.25) is 0 Å². The zero-order valence-electron chi connectivity index (χ0n) is 18.9. The molecule has 0 aromatic rings. The van der Waals surface area contributed by atoms with Gasteiger partial charge in [-0.2, -0.15) is 13.2 Å². The third-order valence-corrected chi connectivity index (χ3v) is 2.59. The van der Waals surface area contributed by atoms with Crippen molar-refractivity contribution in [1.82, 2.24) is 16.0 Å². The Morgan fingerprint density at radius 3 is 1.34 bits per heavy atom. The molecule has 0 radical (unpaired) electrons. The van der Waals surface area contributed by atoms with Crippen molar-refractivity contribution in [2.75, 3.05) is 26.2 Å². The van der Waals surface area contributed by atoms with Crippen LogP contribution in [0.5, 0.6) is 0 Å². The molecular formula is C18H31F3N4O7. The maximum absolute atomic E-state index is 11.8. The van der Waals surface area contributed by atoms with E-state index in [0.717, 1.165) is 0 Å². The zero-order valence-corrected chi connectivity index (χ0v) is 18.9. The van der Waals surface area contributed by atoms with E-state index in [1.165, 1.54) is 5.32 Å². The Labute approximate surface area is 183 Å². The van der Waals surface area contributed by atoms with Gasteiger partial charge in [0, 0.05) is 0 Å². The number of rotatable bonds is 7. The predicted octanol–water partition coefficient (Wildman–Crippen LogP) is 0.798. The molecule has 5 N–H and O–H groups in total. The maximum atomic E-state index is 11.8. The molecule has 186 valence electrons. The van der Waals surface area contributed by atoms with Gasteiger partial charge in [0.15, 0.2) is 11.6 Å². The number of nitrogens with two attached hydrogens (primary N) is 1. The lowest BCUT2D eigenvalue weighted by molar-refractivity contribution is -0.173. The first-order valence-corrected chi connectivity index (χ1v) is 9.29. The Morgan fingerprint density at radius 2 is 1.03 bits per heavy atom. The van der Waals surface area contributed by atoms with Crippen LogP contribution in [0.15, 0.2) is 0 Å². The molecule has 0 heterocycles. The number of carbonyl (C=O) groups excluding carboxylic acids is 5. The summed E-state index contributed by atoms with van der Waals surface area (Å²) in [4.78, 5) is 54.2. The fourth-order valence-electron chi connectivity index (χ4n) is 1.38. The van der Waals surface area contributed by atoms with E-state index in [1.54, 1.807) is 41.5 Å². The van der Waals surface area contributed by atoms with E-state index in [4.69, 9.17) is 15.2 Å². The molecule has 0 aromatic heterocycles. The molecule has 0 atom stereocenters. The number of hydrogen-bond acceptors (Lipinski definition) is 8. The van der Waals surface area contributed by atoms with E-state index in [1.807, 2.05) is 0 Å². The zero-order chi connectivity index (χ0) is 25.8. The summed E-state index contributed by atoms with van der Waals surface area (Å²) in [6, 6.07) is 0. The average molecular weight is 472 g/mol. The van der Waals surface area contributed by atoms with E-state index in [9.17, 15) is 37.1 Å². The predicted molar refractivity (Wildman–Crippen MR) is 107 cm³/mol. The molecule has 0 unspecified atom stereocenters. The van der Waals surface area contributed by atoms with Crippen LogP contribution in [0.4, 0.5) is 22.8 Å². The fourth-order valence-corrected chi connectivity index (χ4v) is 1.38. The minimum Gasteiger partial charge on any atom is -0.444 e. The van der Waals surface area contributed by atoms with Gasteiger partial charge in [0.1, 0.15) is 11.2 Å². The summed E-state index contributed by atoms with van der Waals surface area (Å²) >= 11 is 0. The summed E-state index contributed by atoms with van der Waals surface area (Å²) in [5, 5.41) is 5.75. The largest absolute Gasteiger partial charge is 0.471 e. The number of amides is 3. The monoisotopic (exact) mass is 472 g/mol. The molecular weight excluding hydrogens is 441 g/mol. The second kappa shape index (κ2) is 13.5. The van der Waals surface area contributed by atoms with Gasteiger partial charge in [-0.3, -0.25) is 14.4 Å². The highest BCUT2D eigenvalue weighted by Gasteiger charge is 2.38. The van der Waals surface area contributed by atoms with Gasteiger partial charge >= 0.3 is 24.3 Å². The normalized spacial score (nSPS) is 11.3. The standard InChI is InChI=1S/C10H15F3N2O4.C8H16N2O3/c1-9(2,3)19-8(18)15-5-6(16)4-14-7(17)10(11,12)13;1-8(2,3)13-7(12)10-5-6(11)4-9/h4-5H2,1-3H3,(H,14,17)(H,15,18);4-5,9H2,1-3H3,(H,10,12). The lowest BCUT2D eigenvalue weighted by atomic mass is 10.2. The van der Waals surface area contributed by atoms with Gasteiger partial charge in [0.05, 0.1) is 26.2 Å². The number of nitrogens with one attached hydrogen (secondary N) is 3. The van der Waals surface area contributed by atoms with E-state index < -0.39 is 54.3 Å². The number of carbonyl (C=O) groups is 5. The van der Waals surface area contributed by atoms with Crippen LogP contribution in [-0.2, 0) is 23.9 Å². The van der Waals surface area contributed by atoms with Crippen molar-refractivity contribution < 1.29 is 46.6 Å². The van der Waals surface area contributed by atoms with E-state index >= 15 is 0 Å². The smallest absolute Gasteiger partial charge is 0.444 e. The third-order valence-electron chi connectivity index (χ3n) is 2.59. The van der Waals surface area contributed by atoms with Crippen molar-refractivity contribution in [3.05, 3.63) is 0 Å². The highest BCUT2D eigenvalue weighted by atomic mass is 19.4. The molecule has 32 heavy (non-hydrogen) atoms. The van der Waals surface area contributed by atoms with Crippen molar-refractivity contribution in [3.63, 3.8) is 0 Å². The lowest BCUT2D eigenvalue weighted by Gasteiger charge is -2.19. The van der Waals surface area contributed by atoms with Crippen molar-refractivity contribution in [2.45, 2.75) is 58.9 Å². The number of halogens is 3. The van der Waals surface area contributed by atoms with Crippen LogP contribution >= 0.6 is 0 Å². The minimum atomic E-state index is -5.04. The minimum absolute atomic E-state index is 0.0736. The topological polar surface area (TPSA) is 166 Å². The first-order chi connectivity index (χ1) is 14.3. The molecule has 0 spiro atoms. The number of ether oxygens (including phenoxy) is 2. The molecule has 0 aromatic carbocycles. The summed E-state index contributed by atoms with van der Waals surface area (Å²) in [7, 11) is 0. The van der Waals surface area contributed by atoms with Crippen molar-refractivity contribution >= 4 is 29.7 Å². The van der Waals surface area contributed by atoms with Crippen LogP contribution in [0, 0.1) is 0 Å². The van der Waals surface area contributed by atoms with Gasteiger partial charge in [0.25, 0.3) is 0 Å². The molecule has 0 saturated carbocycles. The number of alkyl carbamates (subject to hydrolysis) is 2. The van der Waals surface area contributed by atoms with Crippen LogP contribution in [-0.4, -0.2) is 73.2 Å². The Hall–Kier alpha value is -2.90. The Kier molecular flexibility index (Phi) is 13.2. The second-order valence-corrected chi connectivity index (χ2v) is 8.17. The van der Waals surface area contributed by atoms with Crippen molar-refractivity contribution in [1.29, 1.82) is 0 Å². The van der Waals surface area contributed by atoms with Crippen LogP contribution in [0.1, 0.15) is 41.5 Å². The molecule has 0 bridgehead atoms. The molecule has 3 amide bonds. The van der Waals surface area contributed by atoms with Crippen molar-refractivity contribution in [3.8, 4) is 0 Å². The lowest BCUT2D eigenvalue weighted by Crippen LogP contribution is -2.43. The number of Topliss-reactive ketones (excluding diaryl/α,β-unsaturated/α-hetero) is 2. The Bertz CT molecular complexity index is 669. The maximum Gasteiger partial charge on any atom is 0.471 e. The third kappa shape index (κ3) is 20.4. The number of ketones is 2. The number of hydrogen-bond donors (Lipinski definition) is 4. The van der Waals surface area contributed by atoms with E-state index in [0.29, 0.717) is 0 Å². The van der Waals surface area contributed by atoms with Gasteiger partial charge < -0.3 is 31.2 Å². The van der Waals surface area contributed by atoms with Crippen LogP contribution < -0.4 is 21.7 Å². The first kappa shape index (κ1) is 31.3. The highest BCUT2D eigenvalue weighted by Crippen LogP contribution is 2.13. The average Bonchev–Trinajstić information content (AvgIpc) is 2.59. The molecule has 0 aliphatic heterocycles. The molecule has 14 heteroatoms. The molecule has 11 nitrogen and oxygen atoms in total. The molecule has 0 aliphatic carbocycles. The summed E-state index contributed by atoms with van der Waals surface area (Å²) in [5.41, 5.74) is 3.75. The van der Waals surface area contributed by atoms with Crippen molar-refractivity contribution in [2.24, 2.45) is 5.73 Å². The molecule has 0 rings (SSSR count). The van der Waals surface area contributed by atoms with E-state index in [2.05, 4.69) is 10.6 Å². The summed E-state index contributed by atoms with van der Waals surface area (Å²) in [6.07, 6.45) is -6.52. The number of alkyl halides is 3. The summed E-state index contributed by atoms with van der Waals surface area (Å²) in [5.74, 6) is -3.23. The molecule has 0 saturated heterocycles. The Morgan fingerprint density at radius 1 is 0.688 bits per heavy atom. The summed E-state index contributed by atoms with van der Waals surface area (Å²) < 4.78 is 45.0. The van der Waals surface area contributed by atoms with Gasteiger partial charge in [-0.15, -0.1) is 0 Å². The Balaban J connectivity index is 0.